The van der Waals surface area contributed by atoms with E-state index in [2.05, 4.69) is 10.0 Å². The van der Waals surface area contributed by atoms with E-state index in [0.29, 0.717) is 12.0 Å². The van der Waals surface area contributed by atoms with E-state index in [9.17, 15) is 18.0 Å². The molecule has 0 heterocycles. The molecular weight excluding hydrogens is 298 g/mol. The fourth-order valence-electron chi connectivity index (χ4n) is 1.68. The average molecular weight is 315 g/mol. The predicted molar refractivity (Wildman–Crippen MR) is 75.6 cm³/mol. The minimum absolute atomic E-state index is 0.0351. The predicted octanol–water partition coefficient (Wildman–Crippen LogP) is -0.106. The lowest BCUT2D eigenvalue weighted by Crippen LogP contribution is -2.37. The van der Waals surface area contributed by atoms with Crippen LogP contribution in [-0.4, -0.2) is 38.6 Å². The SMILES string of the molecule is CCc1ccc(S(=O)(=O)NCCNC(N)=O)cc1C(=O)O. The van der Waals surface area contributed by atoms with Gasteiger partial charge < -0.3 is 16.2 Å². The number of carbonyl (C=O) groups is 2. The van der Waals surface area contributed by atoms with E-state index in [-0.39, 0.29) is 23.5 Å². The van der Waals surface area contributed by atoms with Crippen molar-refractivity contribution in [1.29, 1.82) is 0 Å². The summed E-state index contributed by atoms with van der Waals surface area (Å²) in [5.74, 6) is -1.18. The van der Waals surface area contributed by atoms with Gasteiger partial charge in [0, 0.05) is 13.1 Å². The van der Waals surface area contributed by atoms with Crippen LogP contribution in [-0.2, 0) is 16.4 Å². The van der Waals surface area contributed by atoms with E-state index in [1.165, 1.54) is 12.1 Å². The fourth-order valence-corrected chi connectivity index (χ4v) is 2.74. The Morgan fingerprint density at radius 2 is 1.95 bits per heavy atom. The van der Waals surface area contributed by atoms with Crippen LogP contribution in [0.1, 0.15) is 22.8 Å². The molecule has 0 aliphatic heterocycles. The van der Waals surface area contributed by atoms with Gasteiger partial charge in [-0.2, -0.15) is 0 Å². The van der Waals surface area contributed by atoms with Crippen molar-refractivity contribution in [2.75, 3.05) is 13.1 Å². The molecule has 1 aromatic carbocycles. The summed E-state index contributed by atoms with van der Waals surface area (Å²) in [4.78, 5) is 21.4. The zero-order valence-corrected chi connectivity index (χ0v) is 12.2. The molecule has 0 bridgehead atoms. The summed E-state index contributed by atoms with van der Waals surface area (Å²) >= 11 is 0. The number of sulfonamides is 1. The van der Waals surface area contributed by atoms with Crippen LogP contribution in [0.4, 0.5) is 4.79 Å². The van der Waals surface area contributed by atoms with Crippen LogP contribution in [0.25, 0.3) is 0 Å². The maximum Gasteiger partial charge on any atom is 0.336 e. The fraction of sp³-hybridized carbons (Fsp3) is 0.333. The summed E-state index contributed by atoms with van der Waals surface area (Å²) in [6.07, 6.45) is 0.484. The molecule has 116 valence electrons. The van der Waals surface area contributed by atoms with E-state index in [1.54, 1.807) is 6.92 Å². The molecule has 0 spiro atoms. The molecule has 0 aliphatic rings. The number of carbonyl (C=O) groups excluding carboxylic acids is 1. The highest BCUT2D eigenvalue weighted by atomic mass is 32.2. The molecule has 1 rings (SSSR count). The van der Waals surface area contributed by atoms with Crippen LogP contribution < -0.4 is 15.8 Å². The second kappa shape index (κ2) is 7.04. The smallest absolute Gasteiger partial charge is 0.336 e. The first kappa shape index (κ1) is 16.9. The Hall–Kier alpha value is -2.13. The van der Waals surface area contributed by atoms with Gasteiger partial charge in [-0.3, -0.25) is 0 Å². The van der Waals surface area contributed by atoms with Gasteiger partial charge in [-0.05, 0) is 24.1 Å². The minimum Gasteiger partial charge on any atom is -0.478 e. The van der Waals surface area contributed by atoms with Gasteiger partial charge in [0.2, 0.25) is 10.0 Å². The van der Waals surface area contributed by atoms with Gasteiger partial charge in [0.1, 0.15) is 0 Å². The average Bonchev–Trinajstić information content (AvgIpc) is 2.42. The first-order valence-electron chi connectivity index (χ1n) is 6.17. The Morgan fingerprint density at radius 3 is 2.48 bits per heavy atom. The molecule has 0 saturated heterocycles. The second-order valence-electron chi connectivity index (χ2n) is 4.17. The van der Waals surface area contributed by atoms with E-state index in [0.717, 1.165) is 6.07 Å². The molecule has 1 aromatic rings. The lowest BCUT2D eigenvalue weighted by molar-refractivity contribution is 0.0695. The van der Waals surface area contributed by atoms with E-state index in [4.69, 9.17) is 10.8 Å². The number of rotatable bonds is 7. The summed E-state index contributed by atoms with van der Waals surface area (Å²) in [5, 5.41) is 11.3. The Labute approximate surface area is 122 Å². The molecule has 0 aliphatic carbocycles. The van der Waals surface area contributed by atoms with Crippen molar-refractivity contribution >= 4 is 22.0 Å². The second-order valence-corrected chi connectivity index (χ2v) is 5.93. The Kier molecular flexibility index (Phi) is 5.68. The maximum atomic E-state index is 12.0. The molecule has 2 amide bonds. The van der Waals surface area contributed by atoms with Crippen LogP contribution in [0.2, 0.25) is 0 Å². The molecule has 0 aromatic heterocycles. The number of amides is 2. The van der Waals surface area contributed by atoms with Gasteiger partial charge >= 0.3 is 12.0 Å². The molecule has 5 N–H and O–H groups in total. The van der Waals surface area contributed by atoms with Crippen molar-refractivity contribution in [2.24, 2.45) is 5.73 Å². The summed E-state index contributed by atoms with van der Waals surface area (Å²) < 4.78 is 26.2. The number of carboxylic acids is 1. The monoisotopic (exact) mass is 315 g/mol. The van der Waals surface area contributed by atoms with Gasteiger partial charge in [0.25, 0.3) is 0 Å². The van der Waals surface area contributed by atoms with Gasteiger partial charge in [0.15, 0.2) is 0 Å². The first-order valence-corrected chi connectivity index (χ1v) is 7.65. The summed E-state index contributed by atoms with van der Waals surface area (Å²) in [6, 6.07) is 3.18. The number of hydrogen-bond acceptors (Lipinski definition) is 4. The van der Waals surface area contributed by atoms with Crippen LogP contribution in [0.3, 0.4) is 0 Å². The lowest BCUT2D eigenvalue weighted by Gasteiger charge is -2.09. The number of urea groups is 1. The Bertz CT molecular complexity index is 642. The van der Waals surface area contributed by atoms with Crippen molar-refractivity contribution in [3.8, 4) is 0 Å². The normalized spacial score (nSPS) is 11.1. The molecule has 0 fully saturated rings. The molecular formula is C12H17N3O5S. The number of carboxylic acid groups (broad SMARTS) is 1. The number of aryl methyl sites for hydroxylation is 1. The van der Waals surface area contributed by atoms with E-state index >= 15 is 0 Å². The standard InChI is InChI=1S/C12H17N3O5S/c1-2-8-3-4-9(7-10(8)11(16)17)21(19,20)15-6-5-14-12(13)18/h3-4,7,15H,2,5-6H2,1H3,(H,16,17)(H3,13,14,18). The molecule has 0 saturated carbocycles. The number of aromatic carboxylic acids is 1. The van der Waals surface area contributed by atoms with Crippen LogP contribution >= 0.6 is 0 Å². The number of primary amides is 1. The van der Waals surface area contributed by atoms with Crippen LogP contribution in [0.15, 0.2) is 23.1 Å². The first-order chi connectivity index (χ1) is 9.77. The van der Waals surface area contributed by atoms with Crippen LogP contribution in [0, 0.1) is 0 Å². The summed E-state index contributed by atoms with van der Waals surface area (Å²) in [6.45, 7) is 1.76. The third kappa shape index (κ3) is 4.72. The third-order valence-corrected chi connectivity index (χ3v) is 4.18. The van der Waals surface area contributed by atoms with Crippen LogP contribution in [0.5, 0.6) is 0 Å². The molecule has 9 heteroatoms. The number of hydrogen-bond donors (Lipinski definition) is 4. The molecule has 8 nitrogen and oxygen atoms in total. The maximum absolute atomic E-state index is 12.0. The zero-order valence-electron chi connectivity index (χ0n) is 11.4. The molecule has 0 radical (unpaired) electrons. The highest BCUT2D eigenvalue weighted by Crippen LogP contribution is 2.16. The minimum atomic E-state index is -3.84. The molecule has 0 atom stereocenters. The van der Waals surface area contributed by atoms with Crippen molar-refractivity contribution in [2.45, 2.75) is 18.2 Å². The van der Waals surface area contributed by atoms with Gasteiger partial charge in [-0.15, -0.1) is 0 Å². The molecule has 21 heavy (non-hydrogen) atoms. The molecule has 0 unspecified atom stereocenters. The summed E-state index contributed by atoms with van der Waals surface area (Å²) in [5.41, 5.74) is 5.35. The van der Waals surface area contributed by atoms with Gasteiger partial charge in [-0.25, -0.2) is 22.7 Å². The highest BCUT2D eigenvalue weighted by molar-refractivity contribution is 7.89. The van der Waals surface area contributed by atoms with E-state index in [1.807, 2.05) is 0 Å². The Morgan fingerprint density at radius 1 is 1.29 bits per heavy atom. The number of benzene rings is 1. The third-order valence-electron chi connectivity index (χ3n) is 2.72. The zero-order chi connectivity index (χ0) is 16.0. The Balaban J connectivity index is 2.90. The van der Waals surface area contributed by atoms with E-state index < -0.39 is 22.0 Å². The topological polar surface area (TPSA) is 139 Å². The highest BCUT2D eigenvalue weighted by Gasteiger charge is 2.18. The number of nitrogens with two attached hydrogens (primary N) is 1. The van der Waals surface area contributed by atoms with Crippen molar-refractivity contribution < 1.29 is 23.1 Å². The number of nitrogens with one attached hydrogen (secondary N) is 2. The lowest BCUT2D eigenvalue weighted by atomic mass is 10.1. The van der Waals surface area contributed by atoms with Gasteiger partial charge in [-0.1, -0.05) is 13.0 Å². The van der Waals surface area contributed by atoms with Crippen molar-refractivity contribution in [3.63, 3.8) is 0 Å². The largest absolute Gasteiger partial charge is 0.478 e. The quantitative estimate of drug-likeness (QED) is 0.520. The van der Waals surface area contributed by atoms with Crippen molar-refractivity contribution in [1.82, 2.24) is 10.0 Å². The summed E-state index contributed by atoms with van der Waals surface area (Å²) in [7, 11) is -3.84. The van der Waals surface area contributed by atoms with Gasteiger partial charge in [0.05, 0.1) is 10.5 Å². The van der Waals surface area contributed by atoms with Crippen molar-refractivity contribution in [3.05, 3.63) is 29.3 Å².